The summed E-state index contributed by atoms with van der Waals surface area (Å²) in [5.41, 5.74) is 1.33. The summed E-state index contributed by atoms with van der Waals surface area (Å²) in [6, 6.07) is 8.16. The number of ether oxygens (including phenoxy) is 2. The zero-order valence-electron chi connectivity index (χ0n) is 14.6. The molecule has 0 N–H and O–H groups in total. The monoisotopic (exact) mass is 385 g/mol. The number of nitro benzene ring substituents is 1. The van der Waals surface area contributed by atoms with E-state index in [1.54, 1.807) is 13.0 Å². The number of amides is 1. The van der Waals surface area contributed by atoms with Crippen molar-refractivity contribution >= 4 is 33.1 Å². The lowest BCUT2D eigenvalue weighted by molar-refractivity contribution is -0.385. The van der Waals surface area contributed by atoms with Gasteiger partial charge in [-0.3, -0.25) is 14.9 Å². The number of nitro groups is 1. The predicted molar refractivity (Wildman–Crippen MR) is 99.3 cm³/mol. The Hall–Kier alpha value is -3.20. The summed E-state index contributed by atoms with van der Waals surface area (Å²) in [5.74, 6) is 0.819. The van der Waals surface area contributed by atoms with Crippen LogP contribution in [0, 0.1) is 17.0 Å². The fourth-order valence-electron chi connectivity index (χ4n) is 3.05. The molecule has 3 aromatic rings. The first kappa shape index (κ1) is 17.2. The van der Waals surface area contributed by atoms with Gasteiger partial charge in [0.1, 0.15) is 0 Å². The lowest BCUT2D eigenvalue weighted by Gasteiger charge is -2.03. The second-order valence-electron chi connectivity index (χ2n) is 5.93. The molecule has 4 rings (SSSR count). The summed E-state index contributed by atoms with van der Waals surface area (Å²) in [4.78, 5) is 28.1. The van der Waals surface area contributed by atoms with Crippen LogP contribution < -0.4 is 14.3 Å². The van der Waals surface area contributed by atoms with Gasteiger partial charge >= 0.3 is 0 Å². The van der Waals surface area contributed by atoms with Crippen molar-refractivity contribution in [3.8, 4) is 11.5 Å². The Morgan fingerprint density at radius 2 is 2.07 bits per heavy atom. The molecule has 0 fully saturated rings. The van der Waals surface area contributed by atoms with Gasteiger partial charge in [-0.25, -0.2) is 0 Å². The minimum Gasteiger partial charge on any atom is -0.454 e. The number of thiazole rings is 1. The van der Waals surface area contributed by atoms with Gasteiger partial charge < -0.3 is 14.0 Å². The molecule has 0 spiro atoms. The average molecular weight is 385 g/mol. The fourth-order valence-corrected chi connectivity index (χ4v) is 4.15. The third-order valence-corrected chi connectivity index (χ3v) is 5.46. The molecule has 0 aliphatic carbocycles. The van der Waals surface area contributed by atoms with E-state index < -0.39 is 10.8 Å². The number of fused-ring (bicyclic) bond motifs is 2. The van der Waals surface area contributed by atoms with E-state index in [4.69, 9.17) is 9.47 Å². The van der Waals surface area contributed by atoms with Gasteiger partial charge in [-0.1, -0.05) is 17.4 Å². The van der Waals surface area contributed by atoms with Gasteiger partial charge in [0.25, 0.3) is 11.6 Å². The predicted octanol–water partition coefficient (Wildman–Crippen LogP) is 3.41. The first-order valence-electron chi connectivity index (χ1n) is 8.25. The fraction of sp³-hybridized carbons (Fsp3) is 0.222. The van der Waals surface area contributed by atoms with Gasteiger partial charge in [0.05, 0.1) is 20.7 Å². The van der Waals surface area contributed by atoms with Crippen LogP contribution in [0.3, 0.4) is 0 Å². The number of carbonyl (C=O) groups is 1. The van der Waals surface area contributed by atoms with Crippen molar-refractivity contribution in [1.82, 2.24) is 4.57 Å². The molecule has 8 nitrogen and oxygen atoms in total. The van der Waals surface area contributed by atoms with Crippen LogP contribution in [-0.2, 0) is 6.54 Å². The number of aromatic nitrogens is 1. The Kier molecular flexibility index (Phi) is 4.15. The van der Waals surface area contributed by atoms with E-state index in [2.05, 4.69) is 4.99 Å². The molecule has 0 saturated heterocycles. The van der Waals surface area contributed by atoms with Gasteiger partial charge in [-0.2, -0.15) is 4.99 Å². The highest BCUT2D eigenvalue weighted by Crippen LogP contribution is 2.37. The molecular weight excluding hydrogens is 370 g/mol. The van der Waals surface area contributed by atoms with Crippen molar-refractivity contribution in [3.05, 3.63) is 56.4 Å². The molecule has 0 saturated carbocycles. The van der Waals surface area contributed by atoms with Crippen molar-refractivity contribution in [3.63, 3.8) is 0 Å². The first-order chi connectivity index (χ1) is 13.0. The summed E-state index contributed by atoms with van der Waals surface area (Å²) in [7, 11) is 0. The summed E-state index contributed by atoms with van der Waals surface area (Å²) in [5, 5.41) is 11.1. The van der Waals surface area contributed by atoms with E-state index >= 15 is 0 Å². The molecule has 2 aromatic carbocycles. The van der Waals surface area contributed by atoms with Gasteiger partial charge in [-0.05, 0) is 19.9 Å². The molecule has 1 amide bonds. The van der Waals surface area contributed by atoms with Crippen molar-refractivity contribution in [2.24, 2.45) is 4.99 Å². The number of carbonyl (C=O) groups excluding carboxylic acids is 1. The molecule has 0 unspecified atom stereocenters. The van der Waals surface area contributed by atoms with E-state index in [1.165, 1.54) is 23.5 Å². The second-order valence-corrected chi connectivity index (χ2v) is 6.93. The number of hydrogen-bond donors (Lipinski definition) is 0. The molecule has 0 atom stereocenters. The van der Waals surface area contributed by atoms with Crippen molar-refractivity contribution in [1.29, 1.82) is 0 Å². The van der Waals surface area contributed by atoms with E-state index in [0.717, 1.165) is 10.2 Å². The number of nitrogens with zero attached hydrogens (tertiary/aromatic N) is 3. The SMILES string of the molecule is CCn1c(=NC(=O)c2cccc([N+](=O)[O-])c2C)sc2cc3c(cc21)OCO3. The minimum atomic E-state index is -0.509. The lowest BCUT2D eigenvalue weighted by atomic mass is 10.1. The first-order valence-corrected chi connectivity index (χ1v) is 9.07. The van der Waals surface area contributed by atoms with Gasteiger partial charge in [0.2, 0.25) is 6.79 Å². The smallest absolute Gasteiger partial charge is 0.280 e. The Morgan fingerprint density at radius 1 is 1.33 bits per heavy atom. The molecule has 0 radical (unpaired) electrons. The van der Waals surface area contributed by atoms with E-state index in [0.29, 0.717) is 28.4 Å². The summed E-state index contributed by atoms with van der Waals surface area (Å²) in [6.45, 7) is 4.32. The van der Waals surface area contributed by atoms with Gasteiger partial charge in [-0.15, -0.1) is 0 Å². The zero-order chi connectivity index (χ0) is 19.1. The highest BCUT2D eigenvalue weighted by molar-refractivity contribution is 7.16. The molecule has 27 heavy (non-hydrogen) atoms. The van der Waals surface area contributed by atoms with Crippen molar-refractivity contribution < 1.29 is 19.2 Å². The molecule has 2 heterocycles. The molecule has 1 aromatic heterocycles. The Bertz CT molecular complexity index is 1160. The average Bonchev–Trinajstić information content (AvgIpc) is 3.22. The maximum atomic E-state index is 12.7. The van der Waals surface area contributed by atoms with Crippen molar-refractivity contribution in [2.45, 2.75) is 20.4 Å². The quantitative estimate of drug-likeness (QED) is 0.508. The second kappa shape index (κ2) is 6.51. The third-order valence-electron chi connectivity index (χ3n) is 4.42. The molecule has 0 bridgehead atoms. The molecule has 138 valence electrons. The standard InChI is InChI=1S/C18H15N3O5S/c1-3-20-13-7-14-15(26-9-25-14)8-16(13)27-18(20)19-17(22)11-5-4-6-12(10(11)2)21(23)24/h4-8H,3,9H2,1-2H3. The molecule has 1 aliphatic heterocycles. The Labute approximate surface area is 157 Å². The van der Waals surface area contributed by atoms with Gasteiger partial charge in [0.15, 0.2) is 16.3 Å². The number of aryl methyl sites for hydroxylation is 1. The van der Waals surface area contributed by atoms with Crippen LogP contribution >= 0.6 is 11.3 Å². The molecule has 1 aliphatic rings. The van der Waals surface area contributed by atoms with Crippen LogP contribution in [0.4, 0.5) is 5.69 Å². The Morgan fingerprint density at radius 3 is 2.78 bits per heavy atom. The summed E-state index contributed by atoms with van der Waals surface area (Å²) < 4.78 is 13.7. The van der Waals surface area contributed by atoms with Crippen molar-refractivity contribution in [2.75, 3.05) is 6.79 Å². The Balaban J connectivity index is 1.85. The summed E-state index contributed by atoms with van der Waals surface area (Å²) >= 11 is 1.36. The van der Waals surface area contributed by atoms with Crippen LogP contribution in [0.2, 0.25) is 0 Å². The zero-order valence-corrected chi connectivity index (χ0v) is 15.4. The number of benzene rings is 2. The van der Waals surface area contributed by atoms with Crippen LogP contribution in [0.1, 0.15) is 22.8 Å². The van der Waals surface area contributed by atoms with Crippen LogP contribution in [-0.4, -0.2) is 22.2 Å². The van der Waals surface area contributed by atoms with Crippen LogP contribution in [0.15, 0.2) is 35.3 Å². The van der Waals surface area contributed by atoms with Crippen LogP contribution in [0.5, 0.6) is 11.5 Å². The maximum absolute atomic E-state index is 12.7. The van der Waals surface area contributed by atoms with Gasteiger partial charge in [0, 0.05) is 30.3 Å². The normalized spacial score (nSPS) is 13.3. The topological polar surface area (TPSA) is 96.0 Å². The third kappa shape index (κ3) is 2.85. The maximum Gasteiger partial charge on any atom is 0.280 e. The van der Waals surface area contributed by atoms with E-state index in [-0.39, 0.29) is 18.0 Å². The highest BCUT2D eigenvalue weighted by Gasteiger charge is 2.20. The number of rotatable bonds is 3. The minimum absolute atomic E-state index is 0.0959. The number of hydrogen-bond acceptors (Lipinski definition) is 6. The molecular formula is C18H15N3O5S. The van der Waals surface area contributed by atoms with E-state index in [9.17, 15) is 14.9 Å². The molecule has 9 heteroatoms. The highest BCUT2D eigenvalue weighted by atomic mass is 32.1. The van der Waals surface area contributed by atoms with Crippen LogP contribution in [0.25, 0.3) is 10.2 Å². The summed E-state index contributed by atoms with van der Waals surface area (Å²) in [6.07, 6.45) is 0. The lowest BCUT2D eigenvalue weighted by Crippen LogP contribution is -2.16. The largest absolute Gasteiger partial charge is 0.454 e. The van der Waals surface area contributed by atoms with E-state index in [1.807, 2.05) is 23.6 Å².